The molecule has 0 heterocycles. The van der Waals surface area contributed by atoms with Crippen LogP contribution in [0.4, 0.5) is 0 Å². The van der Waals surface area contributed by atoms with Crippen LogP contribution in [0.1, 0.15) is 119 Å². The smallest absolute Gasteiger partial charge is 1.00 e. The molecule has 448 valence electrons. The maximum atomic E-state index is 10.2. The van der Waals surface area contributed by atoms with Crippen LogP contribution in [0.3, 0.4) is 0 Å². The standard InChI is InChI=1S/C24H42O2Si2.C21H34O2Si.C18H28O2Si.CH2O3.CH4O.2K.H/c1-10-22(17-19-27(5,6)7)23(26-28(8,9)24(2,3)4)16-18-25-20-21-14-12-11-13-15-21;1-8-19(9-2)20(23-24(6,7)21(3,4)5)15-16-22-17-18-13-11-10-12-14-18;1-5-17(12-14-21(2,3)4)18(19)11-13-20-15-16-9-7-6-8-10-16;2-1-4-3;1-2;;;/h11-15,22-23H,10,16,18,20H2,1-9H3;1,10-14,19-20H,9,15-17H2,2-7H3;6-10,17-19H,5,11,13,15H2,1-4H3;1,3H;2H,1H3;;;/q;;;;;2*+1;-1/p-1/t22-,23+;19-,20-;17-,18+;;;;;/m101...../s1. The molecule has 0 spiro atoms. The molecule has 0 unspecified atom stereocenters. The molecule has 3 aromatic carbocycles. The van der Waals surface area contributed by atoms with Crippen LogP contribution in [0, 0.1) is 53.0 Å². The summed E-state index contributed by atoms with van der Waals surface area (Å²) in [4.78, 5) is 11.2. The van der Waals surface area contributed by atoms with Gasteiger partial charge in [-0.25, -0.2) is 0 Å². The molecular weight excluding hydrogens is 1130 g/mol. The minimum absolute atomic E-state index is 0. The molecule has 81 heavy (non-hydrogen) atoms. The summed E-state index contributed by atoms with van der Waals surface area (Å²) in [7, 11) is -5.46. The maximum Gasteiger partial charge on any atom is 1.00 e. The Balaban J connectivity index is -0.000000341. The third-order valence-corrected chi connectivity index (χ3v) is 24.5. The molecule has 0 aliphatic rings. The fourth-order valence-corrected chi connectivity index (χ4v) is 10.9. The molecule has 0 bridgehead atoms. The number of ether oxygens (including phenoxy) is 3. The molecule has 0 saturated carbocycles. The Morgan fingerprint density at radius 2 is 0.827 bits per heavy atom. The van der Waals surface area contributed by atoms with Gasteiger partial charge in [0, 0.05) is 44.7 Å². The Hall–Kier alpha value is -0.370. The third kappa shape index (κ3) is 43.0. The van der Waals surface area contributed by atoms with Gasteiger partial charge in [-0.3, -0.25) is 4.79 Å². The minimum Gasteiger partial charge on any atom is -1.00 e. The molecule has 0 fully saturated rings. The van der Waals surface area contributed by atoms with Crippen LogP contribution in [0.25, 0.3) is 0 Å². The summed E-state index contributed by atoms with van der Waals surface area (Å²) in [5.41, 5.74) is 10.5. The molecule has 0 radical (unpaired) electrons. The Morgan fingerprint density at radius 1 is 0.543 bits per heavy atom. The summed E-state index contributed by atoms with van der Waals surface area (Å²) >= 11 is 0. The Bertz CT molecular complexity index is 2170. The Kier molecular flexibility index (Phi) is 51.2. The van der Waals surface area contributed by atoms with Crippen LogP contribution < -0.4 is 108 Å². The number of terminal acetylenes is 1. The number of aliphatic hydroxyl groups excluding tert-OH is 2. The molecule has 0 saturated heterocycles. The van der Waals surface area contributed by atoms with Gasteiger partial charge in [-0.05, 0) is 91.5 Å². The Morgan fingerprint density at radius 3 is 1.09 bits per heavy atom. The molecule has 10 nitrogen and oxygen atoms in total. The van der Waals surface area contributed by atoms with Crippen LogP contribution in [-0.4, -0.2) is 94.7 Å². The second-order valence-electron chi connectivity index (χ2n) is 24.8. The van der Waals surface area contributed by atoms with E-state index in [9.17, 15) is 5.11 Å². The first-order valence-electron chi connectivity index (χ1n) is 28.5. The number of hydrogen-bond donors (Lipinski definition) is 2. The monoisotopic (exact) mass is 1240 g/mol. The first-order valence-corrected chi connectivity index (χ1v) is 41.3. The molecule has 0 aliphatic heterocycles. The van der Waals surface area contributed by atoms with Gasteiger partial charge in [0.1, 0.15) is 16.1 Å². The normalized spacial score (nSPS) is 13.6. The van der Waals surface area contributed by atoms with Gasteiger partial charge >= 0.3 is 103 Å². The second-order valence-corrected chi connectivity index (χ2v) is 43.8. The second kappa shape index (κ2) is 47.7. The van der Waals surface area contributed by atoms with Crippen LogP contribution in [0.15, 0.2) is 91.0 Å². The number of carbonyl (C=O) groups is 1. The first kappa shape index (κ1) is 87.1. The number of hydrogen-bond acceptors (Lipinski definition) is 10. The van der Waals surface area contributed by atoms with Gasteiger partial charge in [0.15, 0.2) is 16.6 Å². The van der Waals surface area contributed by atoms with E-state index in [1.165, 1.54) is 11.1 Å². The van der Waals surface area contributed by atoms with Crippen LogP contribution in [0.5, 0.6) is 0 Å². The summed E-state index contributed by atoms with van der Waals surface area (Å²) < 4.78 is 30.9. The van der Waals surface area contributed by atoms with Crippen molar-refractivity contribution in [1.29, 1.82) is 0 Å². The van der Waals surface area contributed by atoms with Crippen LogP contribution >= 0.6 is 0 Å². The van der Waals surface area contributed by atoms with Gasteiger partial charge in [-0.2, -0.15) is 0 Å². The fourth-order valence-electron chi connectivity index (χ4n) is 6.93. The molecule has 2 N–H and O–H groups in total. The van der Waals surface area contributed by atoms with E-state index in [0.717, 1.165) is 44.8 Å². The van der Waals surface area contributed by atoms with Gasteiger partial charge in [-0.1, -0.05) is 193 Å². The zero-order valence-electron chi connectivity index (χ0n) is 55.9. The molecule has 0 aliphatic carbocycles. The van der Waals surface area contributed by atoms with Gasteiger partial charge in [0.2, 0.25) is 0 Å². The number of benzene rings is 3. The molecule has 3 rings (SSSR count). The molecule has 3 aromatic rings. The van der Waals surface area contributed by atoms with Crippen molar-refractivity contribution in [2.45, 2.75) is 215 Å². The largest absolute Gasteiger partial charge is 1.00 e. The average Bonchev–Trinajstić information content (AvgIpc) is 3.38. The molecule has 0 aromatic heterocycles. The van der Waals surface area contributed by atoms with Crippen molar-refractivity contribution >= 4 is 39.3 Å². The molecule has 0 amide bonds. The van der Waals surface area contributed by atoms with Crippen molar-refractivity contribution in [3.8, 4) is 35.3 Å². The summed E-state index contributed by atoms with van der Waals surface area (Å²) in [6.45, 7) is 46.6. The average molecular weight is 1240 g/mol. The van der Waals surface area contributed by atoms with Crippen molar-refractivity contribution in [3.05, 3.63) is 108 Å². The van der Waals surface area contributed by atoms with Crippen molar-refractivity contribution in [2.75, 3.05) is 26.9 Å². The first-order chi connectivity index (χ1) is 36.9. The summed E-state index contributed by atoms with van der Waals surface area (Å²) in [6, 6.07) is 30.7. The van der Waals surface area contributed by atoms with Crippen LogP contribution in [-0.2, 0) is 52.6 Å². The van der Waals surface area contributed by atoms with Crippen molar-refractivity contribution in [1.82, 2.24) is 0 Å². The van der Waals surface area contributed by atoms with Gasteiger partial charge in [0.05, 0.1) is 38.1 Å². The van der Waals surface area contributed by atoms with E-state index < -0.39 is 38.9 Å². The zero-order chi connectivity index (χ0) is 60.8. The van der Waals surface area contributed by atoms with E-state index in [2.05, 4.69) is 198 Å². The van der Waals surface area contributed by atoms with E-state index >= 15 is 0 Å². The molecule has 16 heteroatoms. The maximum absolute atomic E-state index is 10.2. The number of aliphatic hydroxyl groups is 2. The van der Waals surface area contributed by atoms with E-state index in [-0.39, 0.29) is 151 Å². The summed E-state index contributed by atoms with van der Waals surface area (Å²) in [5.74, 6) is 10.3. The fraction of sp³-hybridized carbons (Fsp3) is 0.615. The summed E-state index contributed by atoms with van der Waals surface area (Å²) in [6.07, 6.45) is 10.8. The predicted molar refractivity (Wildman–Crippen MR) is 341 cm³/mol. The Labute approximate surface area is 586 Å². The summed E-state index contributed by atoms with van der Waals surface area (Å²) in [5, 5.41) is 26.0. The minimum atomic E-state index is -1.86. The van der Waals surface area contributed by atoms with E-state index in [1.54, 1.807) is 0 Å². The topological polar surface area (TPSA) is 136 Å². The number of carbonyl (C=O) groups excluding carboxylic acids is 1. The third-order valence-electron chi connectivity index (χ3n) is 13.7. The van der Waals surface area contributed by atoms with Crippen molar-refractivity contribution in [2.24, 2.45) is 17.8 Å². The van der Waals surface area contributed by atoms with Crippen LogP contribution in [0.2, 0.25) is 75.5 Å². The van der Waals surface area contributed by atoms with Gasteiger partial charge in [-0.15, -0.1) is 35.3 Å². The van der Waals surface area contributed by atoms with Gasteiger partial charge in [0.25, 0.3) is 6.47 Å². The predicted octanol–water partition coefficient (Wildman–Crippen LogP) is 8.56. The van der Waals surface area contributed by atoms with E-state index in [1.807, 2.05) is 54.6 Å². The van der Waals surface area contributed by atoms with Gasteiger partial charge < -0.3 is 44.8 Å². The number of rotatable bonds is 26. The van der Waals surface area contributed by atoms with E-state index in [4.69, 9.17) is 44.6 Å². The SMILES string of the molecule is C#C[C@@H](CC)[C@H](CCOCc1ccccc1)O[Si](C)(C)C(C)(C)C.CC[C@H](C#C[Si](C)(C)C)[C@@H](O)CCOCc1ccccc1.CC[C@H](C#C[Si](C)(C)C)[C@H](CCOCc1ccccc1)O[Si](C)(C)C(C)(C)C.CO.O=CO[O-].[H-].[K+].[K+]. The van der Waals surface area contributed by atoms with Crippen molar-refractivity contribution in [3.63, 3.8) is 0 Å². The molecule has 6 atom stereocenters. The quantitative estimate of drug-likeness (QED) is 0.0201. The molecular formula is C65H110K2O10Si4. The van der Waals surface area contributed by atoms with Crippen molar-refractivity contribution < 1.29 is 152 Å². The zero-order valence-corrected chi connectivity index (χ0v) is 65.2. The van der Waals surface area contributed by atoms with E-state index in [0.29, 0.717) is 46.1 Å².